The fraction of sp³-hybridized carbons (Fsp3) is 0.500. The lowest BCUT2D eigenvalue weighted by Crippen LogP contribution is -2.43. The van der Waals surface area contributed by atoms with Crippen molar-refractivity contribution in [2.45, 2.75) is 45.8 Å². The maximum Gasteiger partial charge on any atom is 0.410 e. The van der Waals surface area contributed by atoms with Gasteiger partial charge in [-0.25, -0.2) is 9.59 Å². The van der Waals surface area contributed by atoms with Crippen molar-refractivity contribution in [1.82, 2.24) is 4.90 Å². The third kappa shape index (κ3) is 5.31. The number of methoxy groups -OCH3 is 1. The van der Waals surface area contributed by atoms with Crippen molar-refractivity contribution in [3.63, 3.8) is 0 Å². The maximum absolute atomic E-state index is 12.5. The van der Waals surface area contributed by atoms with Gasteiger partial charge in [0.25, 0.3) is 0 Å². The van der Waals surface area contributed by atoms with E-state index in [1.54, 1.807) is 23.1 Å². The van der Waals surface area contributed by atoms with E-state index in [0.29, 0.717) is 48.2 Å². The summed E-state index contributed by atoms with van der Waals surface area (Å²) in [5.74, 6) is -0.0690. The number of benzene rings is 1. The molecular weight excluding hydrogens is 390 g/mol. The Bertz CT molecular complexity index is 981. The predicted molar refractivity (Wildman–Crippen MR) is 109 cm³/mol. The van der Waals surface area contributed by atoms with Crippen LogP contribution in [-0.2, 0) is 20.9 Å². The van der Waals surface area contributed by atoms with Crippen LogP contribution in [0.3, 0.4) is 0 Å². The second kappa shape index (κ2) is 8.77. The van der Waals surface area contributed by atoms with Crippen LogP contribution in [0.4, 0.5) is 4.79 Å². The summed E-state index contributed by atoms with van der Waals surface area (Å²) in [5, 5.41) is 0.683. The molecule has 2 aromatic rings. The number of piperidine rings is 1. The van der Waals surface area contributed by atoms with E-state index < -0.39 is 11.2 Å². The highest BCUT2D eigenvalue weighted by molar-refractivity contribution is 5.82. The number of nitrogens with zero attached hydrogens (tertiary/aromatic N) is 1. The Kier molecular flexibility index (Phi) is 6.34. The van der Waals surface area contributed by atoms with Gasteiger partial charge in [0.15, 0.2) is 0 Å². The van der Waals surface area contributed by atoms with E-state index in [9.17, 15) is 14.4 Å². The minimum atomic E-state index is -0.554. The van der Waals surface area contributed by atoms with Gasteiger partial charge in [0.1, 0.15) is 23.5 Å². The number of carbonyl (C=O) groups is 2. The molecule has 8 heteroatoms. The van der Waals surface area contributed by atoms with Crippen LogP contribution in [-0.4, -0.2) is 42.8 Å². The van der Waals surface area contributed by atoms with Gasteiger partial charge in [0, 0.05) is 36.2 Å². The van der Waals surface area contributed by atoms with Crippen molar-refractivity contribution in [1.29, 1.82) is 0 Å². The lowest BCUT2D eigenvalue weighted by atomic mass is 9.97. The summed E-state index contributed by atoms with van der Waals surface area (Å²) in [6.07, 6.45) is 0.645. The SMILES string of the molecule is COc1ccc2c(COC(=O)C3CCN(C(=O)OC(C)(C)C)CC3)cc(=O)oc2c1. The molecule has 1 saturated heterocycles. The van der Waals surface area contributed by atoms with Crippen molar-refractivity contribution in [2.24, 2.45) is 5.92 Å². The highest BCUT2D eigenvalue weighted by Crippen LogP contribution is 2.25. The normalized spacial score (nSPS) is 15.1. The van der Waals surface area contributed by atoms with Crippen LogP contribution in [0, 0.1) is 5.92 Å². The molecule has 0 unspecified atom stereocenters. The first-order valence-electron chi connectivity index (χ1n) is 9.91. The van der Waals surface area contributed by atoms with Crippen molar-refractivity contribution < 1.29 is 28.2 Å². The van der Waals surface area contributed by atoms with E-state index in [1.165, 1.54) is 13.2 Å². The molecule has 0 aliphatic carbocycles. The molecule has 0 spiro atoms. The number of esters is 1. The van der Waals surface area contributed by atoms with E-state index in [0.717, 1.165) is 0 Å². The first kappa shape index (κ1) is 21.7. The molecule has 1 aliphatic rings. The summed E-state index contributed by atoms with van der Waals surface area (Å²) in [4.78, 5) is 38.1. The fourth-order valence-electron chi connectivity index (χ4n) is 3.35. The van der Waals surface area contributed by atoms with Crippen LogP contribution in [0.2, 0.25) is 0 Å². The summed E-state index contributed by atoms with van der Waals surface area (Å²) in [6, 6.07) is 6.46. The monoisotopic (exact) mass is 417 g/mol. The molecule has 3 rings (SSSR count). The van der Waals surface area contributed by atoms with Crippen LogP contribution in [0.1, 0.15) is 39.2 Å². The molecule has 1 fully saturated rings. The highest BCUT2D eigenvalue weighted by Gasteiger charge is 2.30. The average molecular weight is 417 g/mol. The molecule has 0 radical (unpaired) electrons. The van der Waals surface area contributed by atoms with Crippen LogP contribution in [0.5, 0.6) is 5.75 Å². The minimum absolute atomic E-state index is 0.0282. The van der Waals surface area contributed by atoms with Crippen LogP contribution in [0.25, 0.3) is 11.0 Å². The smallest absolute Gasteiger partial charge is 0.410 e. The van der Waals surface area contributed by atoms with Crippen LogP contribution in [0.15, 0.2) is 33.5 Å². The Balaban J connectivity index is 1.59. The quantitative estimate of drug-likeness (QED) is 0.555. The molecule has 1 amide bonds. The predicted octanol–water partition coefficient (Wildman–Crippen LogP) is 3.49. The van der Waals surface area contributed by atoms with Crippen molar-refractivity contribution in [3.8, 4) is 5.75 Å². The van der Waals surface area contributed by atoms with Gasteiger partial charge in [-0.3, -0.25) is 4.79 Å². The standard InChI is InChI=1S/C22H27NO7/c1-22(2,3)30-21(26)23-9-7-14(8-10-23)20(25)28-13-15-11-19(24)29-18-12-16(27-4)5-6-17(15)18/h5-6,11-12,14H,7-10,13H2,1-4H3. The van der Waals surface area contributed by atoms with Crippen molar-refractivity contribution in [2.75, 3.05) is 20.2 Å². The van der Waals surface area contributed by atoms with E-state index in [2.05, 4.69) is 0 Å². The van der Waals surface area contributed by atoms with Gasteiger partial charge in [0.05, 0.1) is 13.0 Å². The van der Waals surface area contributed by atoms with Gasteiger partial charge in [0.2, 0.25) is 0 Å². The van der Waals surface area contributed by atoms with Gasteiger partial charge < -0.3 is 23.5 Å². The summed E-state index contributed by atoms with van der Waals surface area (Å²) in [7, 11) is 1.53. The Morgan fingerprint density at radius 1 is 1.17 bits per heavy atom. The molecule has 162 valence electrons. The Morgan fingerprint density at radius 2 is 1.87 bits per heavy atom. The molecule has 30 heavy (non-hydrogen) atoms. The number of hydrogen-bond donors (Lipinski definition) is 0. The Morgan fingerprint density at radius 3 is 2.50 bits per heavy atom. The number of rotatable bonds is 4. The lowest BCUT2D eigenvalue weighted by Gasteiger charge is -2.32. The van der Waals surface area contributed by atoms with Crippen molar-refractivity contribution in [3.05, 3.63) is 40.2 Å². The zero-order valence-corrected chi connectivity index (χ0v) is 17.7. The molecule has 0 bridgehead atoms. The topological polar surface area (TPSA) is 95.3 Å². The molecule has 0 N–H and O–H groups in total. The van der Waals surface area contributed by atoms with Crippen molar-refractivity contribution >= 4 is 23.0 Å². The molecular formula is C22H27NO7. The largest absolute Gasteiger partial charge is 0.497 e. The number of likely N-dealkylation sites (tertiary alicyclic amines) is 1. The molecule has 0 atom stereocenters. The highest BCUT2D eigenvalue weighted by atomic mass is 16.6. The van der Waals surface area contributed by atoms with Crippen LogP contribution >= 0.6 is 0 Å². The first-order chi connectivity index (χ1) is 14.2. The Hall–Kier alpha value is -3.03. The lowest BCUT2D eigenvalue weighted by molar-refractivity contribution is -0.151. The zero-order chi connectivity index (χ0) is 21.9. The van der Waals surface area contributed by atoms with E-state index in [-0.39, 0.29) is 24.6 Å². The number of fused-ring (bicyclic) bond motifs is 1. The van der Waals surface area contributed by atoms with Gasteiger partial charge in [-0.2, -0.15) is 0 Å². The van der Waals surface area contributed by atoms with Gasteiger partial charge in [-0.15, -0.1) is 0 Å². The molecule has 1 aliphatic heterocycles. The average Bonchev–Trinajstić information content (AvgIpc) is 2.70. The van der Waals surface area contributed by atoms with E-state index in [4.69, 9.17) is 18.6 Å². The summed E-state index contributed by atoms with van der Waals surface area (Å²) in [6.45, 7) is 6.30. The van der Waals surface area contributed by atoms with E-state index >= 15 is 0 Å². The summed E-state index contributed by atoms with van der Waals surface area (Å²) in [5.41, 5.74) is -0.128. The molecule has 8 nitrogen and oxygen atoms in total. The van der Waals surface area contributed by atoms with Crippen LogP contribution < -0.4 is 10.4 Å². The third-order valence-electron chi connectivity index (χ3n) is 4.89. The second-order valence-electron chi connectivity index (χ2n) is 8.30. The third-order valence-corrected chi connectivity index (χ3v) is 4.89. The first-order valence-corrected chi connectivity index (χ1v) is 9.91. The zero-order valence-electron chi connectivity index (χ0n) is 17.7. The summed E-state index contributed by atoms with van der Waals surface area (Å²) >= 11 is 0. The van der Waals surface area contributed by atoms with Gasteiger partial charge in [-0.1, -0.05) is 0 Å². The number of hydrogen-bond acceptors (Lipinski definition) is 7. The number of carbonyl (C=O) groups excluding carboxylic acids is 2. The maximum atomic E-state index is 12.5. The van der Waals surface area contributed by atoms with Gasteiger partial charge >= 0.3 is 17.7 Å². The van der Waals surface area contributed by atoms with Gasteiger partial charge in [-0.05, 0) is 45.7 Å². The fourth-order valence-corrected chi connectivity index (χ4v) is 3.35. The number of ether oxygens (including phenoxy) is 3. The number of amides is 1. The Labute approximate surface area is 174 Å². The van der Waals surface area contributed by atoms with E-state index in [1.807, 2.05) is 20.8 Å². The molecule has 1 aromatic carbocycles. The minimum Gasteiger partial charge on any atom is -0.497 e. The molecule has 1 aromatic heterocycles. The second-order valence-corrected chi connectivity index (χ2v) is 8.30. The summed E-state index contributed by atoms with van der Waals surface area (Å²) < 4.78 is 21.2. The molecule has 2 heterocycles. The molecule has 0 saturated carbocycles.